The first kappa shape index (κ1) is 18.7. The van der Waals surface area contributed by atoms with Crippen molar-refractivity contribution < 1.29 is 33.1 Å². The number of hydrogen-bond donors (Lipinski definition) is 1. The highest BCUT2D eigenvalue weighted by atomic mass is 32.2. The van der Waals surface area contributed by atoms with E-state index in [9.17, 15) is 23.8 Å². The second-order valence-electron chi connectivity index (χ2n) is 3.15. The Labute approximate surface area is 119 Å². The van der Waals surface area contributed by atoms with E-state index in [4.69, 9.17) is 0 Å². The molecule has 1 atom stereocenters. The van der Waals surface area contributed by atoms with Gasteiger partial charge in [0.2, 0.25) is 0 Å². The van der Waals surface area contributed by atoms with Crippen LogP contribution >= 0.6 is 31.1 Å². The van der Waals surface area contributed by atoms with E-state index < -0.39 is 13.3 Å². The molecule has 19 heavy (non-hydrogen) atoms. The van der Waals surface area contributed by atoms with Gasteiger partial charge in [0, 0.05) is 25.4 Å². The second-order valence-corrected chi connectivity index (χ2v) is 7.36. The molecule has 0 aliphatic carbocycles. The molecule has 0 aromatic heterocycles. The molecule has 0 fully saturated rings. The van der Waals surface area contributed by atoms with Crippen LogP contribution in [0.1, 0.15) is 13.8 Å². The maximum absolute atomic E-state index is 11.4. The summed E-state index contributed by atoms with van der Waals surface area (Å²) in [5.74, 6) is 0.384. The maximum atomic E-state index is 11.4. The third-order valence-corrected chi connectivity index (χ3v) is 4.18. The summed E-state index contributed by atoms with van der Waals surface area (Å²) in [6, 6.07) is 0. The Morgan fingerprint density at radius 1 is 1.05 bits per heavy atom. The lowest BCUT2D eigenvalue weighted by Crippen LogP contribution is -2.10. The molecule has 0 aromatic carbocycles. The molecule has 0 aromatic rings. The molecule has 1 unspecified atom stereocenters. The molecule has 0 aliphatic heterocycles. The number of rotatable bonds is 8. The van der Waals surface area contributed by atoms with E-state index in [1.165, 1.54) is 13.8 Å². The van der Waals surface area contributed by atoms with Gasteiger partial charge in [-0.3, -0.25) is 14.1 Å². The Bertz CT molecular complexity index is 385. The van der Waals surface area contributed by atoms with Crippen LogP contribution in [-0.4, -0.2) is 45.6 Å². The average Bonchev–Trinajstić information content (AvgIpc) is 2.29. The maximum Gasteiger partial charge on any atom is 0.435 e. The number of carbonyl (C=O) groups is 3. The highest BCUT2D eigenvalue weighted by molar-refractivity contribution is 8.13. The zero-order valence-electron chi connectivity index (χ0n) is 10.5. The van der Waals surface area contributed by atoms with Crippen LogP contribution in [0.4, 0.5) is 4.79 Å². The van der Waals surface area contributed by atoms with E-state index in [2.05, 4.69) is 9.26 Å². The van der Waals surface area contributed by atoms with E-state index in [-0.39, 0.29) is 35.0 Å². The van der Waals surface area contributed by atoms with E-state index in [1.54, 1.807) is 0 Å². The Kier molecular flexibility index (Phi) is 9.38. The molecule has 0 saturated carbocycles. The van der Waals surface area contributed by atoms with Crippen molar-refractivity contribution in [3.63, 3.8) is 0 Å². The largest absolute Gasteiger partial charge is 0.456 e. The van der Waals surface area contributed by atoms with Crippen LogP contribution in [0.2, 0.25) is 0 Å². The quantitative estimate of drug-likeness (QED) is 0.527. The smallest absolute Gasteiger partial charge is 0.435 e. The Morgan fingerprint density at radius 3 is 2.00 bits per heavy atom. The molecule has 0 aliphatic rings. The summed E-state index contributed by atoms with van der Waals surface area (Å²) in [6.45, 7) is 2.35. The zero-order chi connectivity index (χ0) is 14.9. The third kappa shape index (κ3) is 10.1. The fraction of sp³-hybridized carbons (Fsp3) is 0.667. The van der Waals surface area contributed by atoms with Gasteiger partial charge in [0.25, 0.3) is 0 Å². The van der Waals surface area contributed by atoms with Gasteiger partial charge in [-0.1, -0.05) is 23.5 Å². The number of hydrogen-bond acceptors (Lipinski definition) is 8. The average molecular weight is 330 g/mol. The molecule has 10 heteroatoms. The minimum atomic E-state index is -4.49. The van der Waals surface area contributed by atoms with E-state index in [0.29, 0.717) is 0 Å². The summed E-state index contributed by atoms with van der Waals surface area (Å²) < 4.78 is 20.4. The van der Waals surface area contributed by atoms with Crippen molar-refractivity contribution in [3.8, 4) is 0 Å². The van der Waals surface area contributed by atoms with Gasteiger partial charge in [0.05, 0.1) is 6.61 Å². The summed E-state index contributed by atoms with van der Waals surface area (Å²) >= 11 is 1.86. The van der Waals surface area contributed by atoms with Gasteiger partial charge < -0.3 is 9.63 Å². The van der Waals surface area contributed by atoms with E-state index in [0.717, 1.165) is 23.5 Å². The number of ether oxygens (including phenoxy) is 1. The summed E-state index contributed by atoms with van der Waals surface area (Å²) in [5, 5.41) is -0.291. The number of thioether (sulfide) groups is 2. The molecule has 0 rings (SSSR count). The summed E-state index contributed by atoms with van der Waals surface area (Å²) in [6.07, 6.45) is 0. The molecular formula is C9H15O7PS2. The monoisotopic (exact) mass is 330 g/mol. The summed E-state index contributed by atoms with van der Waals surface area (Å²) in [7, 11) is -4.49. The van der Waals surface area contributed by atoms with Crippen molar-refractivity contribution in [2.24, 2.45) is 0 Å². The lowest BCUT2D eigenvalue weighted by atomic mass is 10.9. The lowest BCUT2D eigenvalue weighted by molar-refractivity contribution is -0.109. The lowest BCUT2D eigenvalue weighted by Gasteiger charge is -2.10. The topological polar surface area (TPSA) is 107 Å². The van der Waals surface area contributed by atoms with Crippen LogP contribution < -0.4 is 0 Å². The molecule has 0 spiro atoms. The normalized spacial score (nSPS) is 13.6. The van der Waals surface area contributed by atoms with Gasteiger partial charge in [-0.25, -0.2) is 9.36 Å². The summed E-state index contributed by atoms with van der Waals surface area (Å²) in [5.41, 5.74) is -1.36. The van der Waals surface area contributed by atoms with Gasteiger partial charge in [-0.15, -0.1) is 0 Å². The van der Waals surface area contributed by atoms with Crippen LogP contribution in [0.15, 0.2) is 0 Å². The van der Waals surface area contributed by atoms with Crippen LogP contribution in [0, 0.1) is 0 Å². The van der Waals surface area contributed by atoms with Crippen molar-refractivity contribution in [2.45, 2.75) is 13.8 Å². The van der Waals surface area contributed by atoms with Crippen LogP contribution in [0.25, 0.3) is 0 Å². The highest BCUT2D eigenvalue weighted by Crippen LogP contribution is 2.44. The molecule has 7 nitrogen and oxygen atoms in total. The fourth-order valence-corrected chi connectivity index (χ4v) is 2.53. The van der Waals surface area contributed by atoms with Crippen molar-refractivity contribution in [1.29, 1.82) is 0 Å². The third-order valence-electron chi connectivity index (χ3n) is 1.50. The minimum absolute atomic E-state index is 0.138. The molecule has 0 amide bonds. The predicted octanol–water partition coefficient (Wildman–Crippen LogP) is 1.88. The Hall–Kier alpha value is -0.340. The summed E-state index contributed by atoms with van der Waals surface area (Å²) in [4.78, 5) is 41.6. The highest BCUT2D eigenvalue weighted by Gasteiger charge is 2.32. The first-order valence-electron chi connectivity index (χ1n) is 5.17. The van der Waals surface area contributed by atoms with Gasteiger partial charge in [0.1, 0.15) is 6.61 Å². The minimum Gasteiger partial charge on any atom is -0.456 e. The molecule has 110 valence electrons. The van der Waals surface area contributed by atoms with E-state index >= 15 is 0 Å². The standard InChI is InChI=1S/C9H15O7PS2/c1-7(10)18-5-3-15-9(12)17(13,14)16-4-6-19-8(2)11/h3-6H2,1-2H3,(H,13,14). The van der Waals surface area contributed by atoms with Crippen molar-refractivity contribution in [1.82, 2.24) is 0 Å². The molecule has 0 saturated heterocycles. The zero-order valence-corrected chi connectivity index (χ0v) is 13.0. The van der Waals surface area contributed by atoms with Crippen molar-refractivity contribution >= 4 is 47.1 Å². The van der Waals surface area contributed by atoms with Gasteiger partial charge >= 0.3 is 13.3 Å². The van der Waals surface area contributed by atoms with Crippen molar-refractivity contribution in [2.75, 3.05) is 24.7 Å². The van der Waals surface area contributed by atoms with Crippen molar-refractivity contribution in [3.05, 3.63) is 0 Å². The van der Waals surface area contributed by atoms with Crippen LogP contribution in [0.3, 0.4) is 0 Å². The van der Waals surface area contributed by atoms with Gasteiger partial charge in [-0.2, -0.15) is 0 Å². The van der Waals surface area contributed by atoms with Gasteiger partial charge in [0.15, 0.2) is 10.2 Å². The Morgan fingerprint density at radius 2 is 1.53 bits per heavy atom. The first-order chi connectivity index (χ1) is 8.75. The molecule has 0 radical (unpaired) electrons. The molecule has 1 N–H and O–H groups in total. The molecule has 0 heterocycles. The first-order valence-corrected chi connectivity index (χ1v) is 8.72. The number of carbonyl (C=O) groups excluding carboxylic acids is 3. The fourth-order valence-electron chi connectivity index (χ4n) is 0.795. The second kappa shape index (κ2) is 9.55. The van der Waals surface area contributed by atoms with E-state index in [1.807, 2.05) is 0 Å². The van der Waals surface area contributed by atoms with Crippen LogP contribution in [0.5, 0.6) is 0 Å². The predicted molar refractivity (Wildman–Crippen MR) is 73.4 cm³/mol. The molecule has 0 bridgehead atoms. The molecular weight excluding hydrogens is 315 g/mol. The SMILES string of the molecule is CC(=O)SCCOC(=O)P(=O)(O)OCCSC(C)=O. The van der Waals surface area contributed by atoms with Crippen LogP contribution in [-0.2, 0) is 23.4 Å². The van der Waals surface area contributed by atoms with Gasteiger partial charge in [-0.05, 0) is 0 Å². The Balaban J connectivity index is 3.90.